The predicted octanol–water partition coefficient (Wildman–Crippen LogP) is 2.35. The number of nitrogens with zero attached hydrogens (tertiary/aromatic N) is 1. The van der Waals surface area contributed by atoms with E-state index in [1.54, 1.807) is 12.1 Å². The van der Waals surface area contributed by atoms with Crippen molar-refractivity contribution in [2.45, 2.75) is 48.8 Å². The Morgan fingerprint density at radius 3 is 2.15 bits per heavy atom. The van der Waals surface area contributed by atoms with E-state index in [9.17, 15) is 9.90 Å². The third-order valence-electron chi connectivity index (χ3n) is 6.36. The molecule has 3 aliphatic heterocycles. The van der Waals surface area contributed by atoms with Gasteiger partial charge >= 0.3 is 5.97 Å². The van der Waals surface area contributed by atoms with Gasteiger partial charge in [-0.05, 0) is 22.9 Å². The number of carbonyl (C=O) groups excluding carboxylic acids is 1. The third kappa shape index (κ3) is 2.28. The van der Waals surface area contributed by atoms with Gasteiger partial charge in [0.2, 0.25) is 5.60 Å². The summed E-state index contributed by atoms with van der Waals surface area (Å²) in [5.41, 5.74) is -1.72. The highest BCUT2D eigenvalue weighted by Gasteiger charge is 2.71. The highest BCUT2D eigenvalue weighted by molar-refractivity contribution is 7.12. The molecule has 26 heavy (non-hydrogen) atoms. The molecule has 2 bridgehead atoms. The van der Waals surface area contributed by atoms with Gasteiger partial charge < -0.3 is 19.1 Å². The fraction of sp³-hybridized carbons (Fsp3) is 0.526. The molecule has 2 aromatic rings. The first-order valence-electron chi connectivity index (χ1n) is 8.92. The molecule has 0 saturated carbocycles. The minimum atomic E-state index is -1.72. The minimum absolute atomic E-state index is 0.161. The van der Waals surface area contributed by atoms with Crippen LogP contribution >= 0.6 is 22.7 Å². The predicted molar refractivity (Wildman–Crippen MR) is 99.1 cm³/mol. The third-order valence-corrected chi connectivity index (χ3v) is 8.32. The van der Waals surface area contributed by atoms with Gasteiger partial charge in [-0.3, -0.25) is 0 Å². The molecular formula is C19H22NO4S2+. The van der Waals surface area contributed by atoms with Crippen molar-refractivity contribution in [3.63, 3.8) is 0 Å². The number of carbonyl (C=O) groups is 1. The molecule has 0 spiro atoms. The van der Waals surface area contributed by atoms with E-state index in [1.165, 1.54) is 22.7 Å². The lowest BCUT2D eigenvalue weighted by molar-refractivity contribution is -0.938. The molecule has 0 aliphatic carbocycles. The van der Waals surface area contributed by atoms with Gasteiger partial charge in [0, 0.05) is 12.8 Å². The number of epoxide rings is 1. The maximum Gasteiger partial charge on any atom is 0.349 e. The van der Waals surface area contributed by atoms with Crippen LogP contribution in [-0.4, -0.2) is 60.0 Å². The molecule has 7 heteroatoms. The van der Waals surface area contributed by atoms with Gasteiger partial charge in [0.25, 0.3) is 0 Å². The number of thiophene rings is 2. The first kappa shape index (κ1) is 16.9. The molecule has 5 heterocycles. The Bertz CT molecular complexity index is 762. The second-order valence-corrected chi connectivity index (χ2v) is 9.89. The summed E-state index contributed by atoms with van der Waals surface area (Å²) in [6.07, 6.45) is 2.05. The van der Waals surface area contributed by atoms with Crippen LogP contribution in [-0.2, 0) is 19.9 Å². The molecule has 1 N–H and O–H groups in total. The van der Waals surface area contributed by atoms with Crippen LogP contribution in [0.15, 0.2) is 35.0 Å². The Morgan fingerprint density at radius 2 is 1.69 bits per heavy atom. The zero-order chi connectivity index (χ0) is 18.1. The number of rotatable bonds is 4. The molecular weight excluding hydrogens is 370 g/mol. The Hall–Kier alpha value is -1.25. The summed E-state index contributed by atoms with van der Waals surface area (Å²) < 4.78 is 12.6. The number of ether oxygens (including phenoxy) is 2. The van der Waals surface area contributed by atoms with Crippen molar-refractivity contribution in [1.29, 1.82) is 0 Å². The molecule has 3 saturated heterocycles. The molecule has 0 radical (unpaired) electrons. The summed E-state index contributed by atoms with van der Waals surface area (Å²) in [6.45, 7) is 0. The van der Waals surface area contributed by atoms with E-state index < -0.39 is 11.6 Å². The summed E-state index contributed by atoms with van der Waals surface area (Å²) in [7, 11) is 4.49. The average Bonchev–Trinajstić information content (AvgIpc) is 2.98. The second-order valence-electron chi connectivity index (χ2n) is 7.99. The largest absolute Gasteiger partial charge is 0.459 e. The summed E-state index contributed by atoms with van der Waals surface area (Å²) in [5.74, 6) is -0.561. The number of fused-ring (bicyclic) bond motifs is 5. The Balaban J connectivity index is 1.40. The molecule has 138 valence electrons. The van der Waals surface area contributed by atoms with Crippen molar-refractivity contribution < 1.29 is 23.9 Å². The van der Waals surface area contributed by atoms with E-state index in [1.807, 2.05) is 22.9 Å². The van der Waals surface area contributed by atoms with Gasteiger partial charge in [-0.1, -0.05) is 12.1 Å². The van der Waals surface area contributed by atoms with Crippen LogP contribution in [0, 0.1) is 0 Å². The van der Waals surface area contributed by atoms with E-state index in [-0.39, 0.29) is 6.10 Å². The molecule has 2 aromatic heterocycles. The van der Waals surface area contributed by atoms with Crippen molar-refractivity contribution in [3.8, 4) is 0 Å². The van der Waals surface area contributed by atoms with Crippen LogP contribution in [0.1, 0.15) is 22.6 Å². The fourth-order valence-electron chi connectivity index (χ4n) is 4.83. The highest BCUT2D eigenvalue weighted by Crippen LogP contribution is 2.52. The summed E-state index contributed by atoms with van der Waals surface area (Å²) >= 11 is 2.74. The monoisotopic (exact) mass is 392 g/mol. The van der Waals surface area contributed by atoms with Gasteiger partial charge in [-0.15, -0.1) is 22.7 Å². The van der Waals surface area contributed by atoms with E-state index in [4.69, 9.17) is 9.47 Å². The summed E-state index contributed by atoms with van der Waals surface area (Å²) in [5, 5.41) is 15.1. The summed E-state index contributed by atoms with van der Waals surface area (Å²) in [6, 6.07) is 8.01. The molecule has 3 aliphatic rings. The number of aliphatic hydroxyl groups is 1. The van der Waals surface area contributed by atoms with Gasteiger partial charge in [0.05, 0.1) is 23.8 Å². The quantitative estimate of drug-likeness (QED) is 0.493. The van der Waals surface area contributed by atoms with Crippen LogP contribution in [0.25, 0.3) is 0 Å². The van der Waals surface area contributed by atoms with E-state index in [0.29, 0.717) is 34.0 Å². The molecule has 3 fully saturated rings. The van der Waals surface area contributed by atoms with Crippen molar-refractivity contribution in [1.82, 2.24) is 0 Å². The zero-order valence-electron chi connectivity index (χ0n) is 14.7. The Morgan fingerprint density at radius 1 is 1.15 bits per heavy atom. The number of likely N-dealkylation sites (N-methyl/N-ethyl adjacent to an activating group) is 1. The zero-order valence-corrected chi connectivity index (χ0v) is 16.3. The first-order chi connectivity index (χ1) is 12.4. The Labute approximate surface area is 160 Å². The number of hydrogen-bond acceptors (Lipinski definition) is 6. The van der Waals surface area contributed by atoms with Crippen molar-refractivity contribution in [2.75, 3.05) is 14.1 Å². The van der Waals surface area contributed by atoms with Crippen LogP contribution < -0.4 is 0 Å². The molecule has 0 aromatic carbocycles. The smallest absolute Gasteiger partial charge is 0.349 e. The lowest BCUT2D eigenvalue weighted by Gasteiger charge is -2.45. The lowest BCUT2D eigenvalue weighted by Crippen LogP contribution is -2.60. The van der Waals surface area contributed by atoms with Crippen molar-refractivity contribution >= 4 is 28.6 Å². The van der Waals surface area contributed by atoms with Crippen LogP contribution in [0.3, 0.4) is 0 Å². The molecule has 5 atom stereocenters. The van der Waals surface area contributed by atoms with Crippen LogP contribution in [0.4, 0.5) is 0 Å². The topological polar surface area (TPSA) is 59.1 Å². The lowest BCUT2D eigenvalue weighted by atomic mass is 9.95. The molecule has 1 unspecified atom stereocenters. The van der Waals surface area contributed by atoms with Gasteiger partial charge in [0.15, 0.2) is 0 Å². The highest BCUT2D eigenvalue weighted by atomic mass is 32.1. The van der Waals surface area contributed by atoms with E-state index >= 15 is 0 Å². The number of esters is 1. The van der Waals surface area contributed by atoms with Crippen molar-refractivity contribution in [2.24, 2.45) is 0 Å². The molecule has 5 nitrogen and oxygen atoms in total. The minimum Gasteiger partial charge on any atom is -0.459 e. The fourth-order valence-corrected chi connectivity index (χ4v) is 6.54. The number of piperidine rings is 1. The standard InChI is InChI=1S/C19H22NO4S2/c1-20(2)12-9-11(10-13(20)17-16(12)24-17)23-18(21)19(22,14-5-3-7-25-14)15-6-4-8-26-15/h3-8,11-13,16-17,22H,9-10H2,1-2H3/q+1/t11?,12-,13+,16-,17+. The Kier molecular flexibility index (Phi) is 3.65. The molecule has 0 amide bonds. The van der Waals surface area contributed by atoms with Crippen molar-refractivity contribution in [3.05, 3.63) is 44.8 Å². The van der Waals surface area contributed by atoms with E-state index in [0.717, 1.165) is 17.3 Å². The van der Waals surface area contributed by atoms with Gasteiger partial charge in [0.1, 0.15) is 30.4 Å². The maximum absolute atomic E-state index is 13.1. The van der Waals surface area contributed by atoms with E-state index in [2.05, 4.69) is 14.1 Å². The second kappa shape index (κ2) is 5.62. The normalized spacial score (nSPS) is 34.3. The van der Waals surface area contributed by atoms with Gasteiger partial charge in [-0.2, -0.15) is 0 Å². The number of morpholine rings is 1. The van der Waals surface area contributed by atoms with Gasteiger partial charge in [-0.25, -0.2) is 4.79 Å². The maximum atomic E-state index is 13.1. The number of quaternary nitrogens is 1. The SMILES string of the molecule is C[N+]1(C)[C@@H]2CC(OC(=O)C(O)(c3cccs3)c3cccs3)C[C@H]1[C@@H]1O[C@@H]12. The summed E-state index contributed by atoms with van der Waals surface area (Å²) in [4.78, 5) is 14.3. The average molecular weight is 393 g/mol. The van der Waals surface area contributed by atoms with Crippen LogP contribution in [0.5, 0.6) is 0 Å². The first-order valence-corrected chi connectivity index (χ1v) is 10.7. The van der Waals surface area contributed by atoms with Crippen LogP contribution in [0.2, 0.25) is 0 Å². The number of hydrogen-bond donors (Lipinski definition) is 1. The molecule has 5 rings (SSSR count).